The van der Waals surface area contributed by atoms with Crippen molar-refractivity contribution in [3.8, 4) is 0 Å². The molecule has 0 bridgehead atoms. The molecule has 4 nitrogen and oxygen atoms in total. The molecule has 1 heterocycles. The average Bonchev–Trinajstić information content (AvgIpc) is 2.66. The van der Waals surface area contributed by atoms with Gasteiger partial charge in [0.05, 0.1) is 4.47 Å². The normalized spacial score (nSPS) is 19.4. The number of carbonyl (C=O) groups is 2. The Morgan fingerprint density at radius 2 is 2.22 bits per heavy atom. The Morgan fingerprint density at radius 3 is 2.78 bits per heavy atom. The van der Waals surface area contributed by atoms with Crippen LogP contribution in [-0.4, -0.2) is 23.5 Å². The molecule has 18 heavy (non-hydrogen) atoms. The molecule has 1 aromatic rings. The topological polar surface area (TPSA) is 57.6 Å². The second-order valence-corrected chi connectivity index (χ2v) is 5.08. The zero-order chi connectivity index (χ0) is 13.4. The molecule has 1 saturated heterocycles. The second-order valence-electron chi connectivity index (χ2n) is 4.22. The summed E-state index contributed by atoms with van der Waals surface area (Å²) in [6.45, 7) is 2.03. The molecule has 1 amide bonds. The molecule has 2 rings (SSSR count). The molecular formula is C12H11BrFNO3. The molecule has 1 fully saturated rings. The smallest absolute Gasteiger partial charge is 0.316 e. The predicted octanol–water partition coefficient (Wildman–Crippen LogP) is 2.33. The molecule has 1 atom stereocenters. The zero-order valence-corrected chi connectivity index (χ0v) is 11.2. The number of carboxylic acids is 1. The van der Waals surface area contributed by atoms with E-state index < -0.39 is 23.6 Å². The zero-order valence-electron chi connectivity index (χ0n) is 9.61. The molecule has 1 N–H and O–H groups in total. The minimum Gasteiger partial charge on any atom is -0.481 e. The Labute approximate surface area is 112 Å². The van der Waals surface area contributed by atoms with Gasteiger partial charge in [0.25, 0.3) is 0 Å². The van der Waals surface area contributed by atoms with Gasteiger partial charge in [-0.25, -0.2) is 4.39 Å². The number of aliphatic carboxylic acids is 1. The molecule has 1 aliphatic heterocycles. The summed E-state index contributed by atoms with van der Waals surface area (Å²) in [5, 5.41) is 8.90. The molecule has 0 radical (unpaired) electrons. The van der Waals surface area contributed by atoms with E-state index >= 15 is 0 Å². The number of benzene rings is 1. The van der Waals surface area contributed by atoms with Gasteiger partial charge >= 0.3 is 5.97 Å². The molecule has 1 aromatic carbocycles. The first-order valence-corrected chi connectivity index (χ1v) is 6.21. The van der Waals surface area contributed by atoms with E-state index in [2.05, 4.69) is 15.9 Å². The van der Waals surface area contributed by atoms with Crippen LogP contribution in [0.2, 0.25) is 0 Å². The molecule has 96 valence electrons. The molecule has 0 saturated carbocycles. The van der Waals surface area contributed by atoms with Crippen molar-refractivity contribution in [2.75, 3.05) is 11.4 Å². The summed E-state index contributed by atoms with van der Waals surface area (Å²) in [7, 11) is 0. The largest absolute Gasteiger partial charge is 0.481 e. The lowest BCUT2D eigenvalue weighted by Crippen LogP contribution is -2.30. The summed E-state index contributed by atoms with van der Waals surface area (Å²) >= 11 is 3.06. The van der Waals surface area contributed by atoms with Crippen molar-refractivity contribution < 1.29 is 19.1 Å². The van der Waals surface area contributed by atoms with Gasteiger partial charge in [-0.05, 0) is 47.0 Å². The van der Waals surface area contributed by atoms with E-state index in [4.69, 9.17) is 5.11 Å². The maximum atomic E-state index is 13.3. The highest BCUT2D eigenvalue weighted by Gasteiger charge is 2.38. The Bertz CT molecular complexity index is 532. The van der Waals surface area contributed by atoms with Crippen molar-refractivity contribution in [2.45, 2.75) is 13.3 Å². The van der Waals surface area contributed by atoms with Crippen LogP contribution in [0.5, 0.6) is 0 Å². The lowest BCUT2D eigenvalue weighted by molar-refractivity contribution is -0.144. The van der Waals surface area contributed by atoms with Crippen molar-refractivity contribution in [3.63, 3.8) is 0 Å². The van der Waals surface area contributed by atoms with E-state index in [0.29, 0.717) is 17.8 Å². The maximum Gasteiger partial charge on any atom is 0.316 e. The van der Waals surface area contributed by atoms with Crippen molar-refractivity contribution >= 4 is 33.5 Å². The fourth-order valence-corrected chi connectivity index (χ4v) is 2.41. The number of carboxylic acid groups (broad SMARTS) is 1. The van der Waals surface area contributed by atoms with E-state index in [1.54, 1.807) is 6.92 Å². The summed E-state index contributed by atoms with van der Waals surface area (Å²) in [6.07, 6.45) is 0.280. The number of anilines is 1. The van der Waals surface area contributed by atoms with Crippen molar-refractivity contribution in [2.24, 2.45) is 5.92 Å². The Hall–Kier alpha value is -1.43. The highest BCUT2D eigenvalue weighted by atomic mass is 79.9. The quantitative estimate of drug-likeness (QED) is 0.852. The Kier molecular flexibility index (Phi) is 3.38. The monoisotopic (exact) mass is 315 g/mol. The van der Waals surface area contributed by atoms with Crippen LogP contribution in [0, 0.1) is 18.7 Å². The van der Waals surface area contributed by atoms with Gasteiger partial charge in [-0.2, -0.15) is 0 Å². The number of halogens is 2. The highest BCUT2D eigenvalue weighted by Crippen LogP contribution is 2.31. The number of nitrogens with zero attached hydrogens (tertiary/aromatic N) is 1. The van der Waals surface area contributed by atoms with Crippen LogP contribution < -0.4 is 4.90 Å². The lowest BCUT2D eigenvalue weighted by Gasteiger charge is -2.19. The molecular weight excluding hydrogens is 305 g/mol. The number of carbonyl (C=O) groups excluding carboxylic acids is 1. The Balaban J connectivity index is 2.37. The summed E-state index contributed by atoms with van der Waals surface area (Å²) in [6, 6.07) is 2.83. The maximum absolute atomic E-state index is 13.3. The number of aryl methyl sites for hydroxylation is 1. The molecule has 1 aliphatic rings. The van der Waals surface area contributed by atoms with Crippen LogP contribution in [0.1, 0.15) is 12.0 Å². The van der Waals surface area contributed by atoms with Crippen LogP contribution in [0.25, 0.3) is 0 Å². The standard InChI is InChI=1S/C12H11BrFNO3/c1-6-4-9(14)8(13)5-10(6)15-3-2-7(11(15)16)12(17)18/h4-5,7H,2-3H2,1H3,(H,17,18). The van der Waals surface area contributed by atoms with Crippen molar-refractivity contribution in [3.05, 3.63) is 28.0 Å². The van der Waals surface area contributed by atoms with Gasteiger partial charge < -0.3 is 10.0 Å². The first-order valence-electron chi connectivity index (χ1n) is 5.41. The van der Waals surface area contributed by atoms with Crippen LogP contribution in [-0.2, 0) is 9.59 Å². The van der Waals surface area contributed by atoms with Gasteiger partial charge in [0, 0.05) is 12.2 Å². The summed E-state index contributed by atoms with van der Waals surface area (Å²) in [4.78, 5) is 24.2. The third-order valence-electron chi connectivity index (χ3n) is 3.03. The SMILES string of the molecule is Cc1cc(F)c(Br)cc1N1CCC(C(=O)O)C1=O. The number of rotatable bonds is 2. The summed E-state index contributed by atoms with van der Waals surface area (Å²) in [5.41, 5.74) is 1.16. The fraction of sp³-hybridized carbons (Fsp3) is 0.333. The molecule has 0 aliphatic carbocycles. The van der Waals surface area contributed by atoms with Gasteiger partial charge in [-0.1, -0.05) is 0 Å². The van der Waals surface area contributed by atoms with E-state index in [1.807, 2.05) is 0 Å². The fourth-order valence-electron chi connectivity index (χ4n) is 2.07. The third-order valence-corrected chi connectivity index (χ3v) is 3.64. The van der Waals surface area contributed by atoms with Gasteiger partial charge in [0.2, 0.25) is 5.91 Å². The number of hydrogen-bond acceptors (Lipinski definition) is 2. The highest BCUT2D eigenvalue weighted by molar-refractivity contribution is 9.10. The van der Waals surface area contributed by atoms with Crippen LogP contribution in [0.4, 0.5) is 10.1 Å². The molecule has 1 unspecified atom stereocenters. The van der Waals surface area contributed by atoms with Crippen LogP contribution in [0.15, 0.2) is 16.6 Å². The van der Waals surface area contributed by atoms with Crippen LogP contribution in [0.3, 0.4) is 0 Å². The van der Waals surface area contributed by atoms with Gasteiger partial charge in [0.1, 0.15) is 11.7 Å². The van der Waals surface area contributed by atoms with E-state index in [0.717, 1.165) is 0 Å². The number of amides is 1. The minimum atomic E-state index is -1.11. The van der Waals surface area contributed by atoms with Crippen molar-refractivity contribution in [1.82, 2.24) is 0 Å². The van der Waals surface area contributed by atoms with Gasteiger partial charge in [-0.3, -0.25) is 9.59 Å². The average molecular weight is 316 g/mol. The predicted molar refractivity (Wildman–Crippen MR) is 66.9 cm³/mol. The lowest BCUT2D eigenvalue weighted by atomic mass is 10.1. The Morgan fingerprint density at radius 1 is 1.56 bits per heavy atom. The molecule has 6 heteroatoms. The second kappa shape index (κ2) is 4.68. The first kappa shape index (κ1) is 13.0. The van der Waals surface area contributed by atoms with Crippen molar-refractivity contribution in [1.29, 1.82) is 0 Å². The van der Waals surface area contributed by atoms with Gasteiger partial charge in [-0.15, -0.1) is 0 Å². The van der Waals surface area contributed by atoms with E-state index in [-0.39, 0.29) is 10.9 Å². The molecule has 0 spiro atoms. The number of hydrogen-bond donors (Lipinski definition) is 1. The van der Waals surface area contributed by atoms with E-state index in [9.17, 15) is 14.0 Å². The van der Waals surface area contributed by atoms with E-state index in [1.165, 1.54) is 17.0 Å². The summed E-state index contributed by atoms with van der Waals surface area (Å²) in [5.74, 6) is -2.95. The third kappa shape index (κ3) is 2.12. The van der Waals surface area contributed by atoms with Crippen LogP contribution >= 0.6 is 15.9 Å². The minimum absolute atomic E-state index is 0.259. The van der Waals surface area contributed by atoms with Gasteiger partial charge in [0.15, 0.2) is 0 Å². The molecule has 0 aromatic heterocycles. The summed E-state index contributed by atoms with van der Waals surface area (Å²) < 4.78 is 13.6. The first-order chi connectivity index (χ1) is 8.41.